The van der Waals surface area contributed by atoms with Crippen molar-refractivity contribution in [2.24, 2.45) is 7.05 Å². The number of hydrogen-bond acceptors (Lipinski definition) is 5. The summed E-state index contributed by atoms with van der Waals surface area (Å²) in [6.45, 7) is 8.34. The molecule has 1 aromatic carbocycles. The topological polar surface area (TPSA) is 60.7 Å². The average Bonchev–Trinajstić information content (AvgIpc) is 2.82. The molecule has 5 nitrogen and oxygen atoms in total. The molecule has 21 heavy (non-hydrogen) atoms. The molecule has 1 aromatic heterocycles. The lowest BCUT2D eigenvalue weighted by molar-refractivity contribution is 0.0994. The van der Waals surface area contributed by atoms with E-state index in [4.69, 9.17) is 0 Å². The van der Waals surface area contributed by atoms with Crippen LogP contribution in [0.25, 0.3) is 0 Å². The maximum Gasteiger partial charge on any atom is 0.209 e. The van der Waals surface area contributed by atoms with Crippen LogP contribution in [0.2, 0.25) is 0 Å². The van der Waals surface area contributed by atoms with Crippen LogP contribution in [0.3, 0.4) is 0 Å². The van der Waals surface area contributed by atoms with Gasteiger partial charge < -0.3 is 0 Å². The predicted octanol–water partition coefficient (Wildman–Crippen LogP) is 2.87. The molecule has 0 spiro atoms. The van der Waals surface area contributed by atoms with Gasteiger partial charge in [0.05, 0.1) is 5.25 Å². The molecular weight excluding hydrogens is 284 g/mol. The molecule has 0 radical (unpaired) electrons. The van der Waals surface area contributed by atoms with Gasteiger partial charge in [0.1, 0.15) is 0 Å². The predicted molar refractivity (Wildman–Crippen MR) is 83.6 cm³/mol. The molecule has 0 unspecified atom stereocenters. The lowest BCUT2D eigenvalue weighted by Crippen LogP contribution is -2.16. The maximum atomic E-state index is 12.4. The zero-order valence-electron chi connectivity index (χ0n) is 13.0. The third kappa shape index (κ3) is 3.69. The third-order valence-electron chi connectivity index (χ3n) is 3.27. The second kappa shape index (κ2) is 5.97. The first-order valence-corrected chi connectivity index (χ1v) is 7.71. The van der Waals surface area contributed by atoms with Crippen LogP contribution in [-0.4, -0.2) is 31.2 Å². The Bertz CT molecular complexity index is 628. The van der Waals surface area contributed by atoms with Gasteiger partial charge in [0.15, 0.2) is 5.78 Å². The number of ketones is 1. The molecule has 0 N–H and O–H groups in total. The van der Waals surface area contributed by atoms with Crippen LogP contribution in [0.4, 0.5) is 0 Å². The van der Waals surface area contributed by atoms with Crippen molar-refractivity contribution >= 4 is 17.5 Å². The SMILES string of the molecule is C[C@H](Sc1nnnn1C)C(=O)c1ccc(C(C)(C)C)cc1. The molecule has 112 valence electrons. The quantitative estimate of drug-likeness (QED) is 0.642. The molecule has 0 bridgehead atoms. The zero-order chi connectivity index (χ0) is 15.6. The monoisotopic (exact) mass is 304 g/mol. The second-order valence-electron chi connectivity index (χ2n) is 6.04. The lowest BCUT2D eigenvalue weighted by Gasteiger charge is -2.19. The summed E-state index contributed by atoms with van der Waals surface area (Å²) in [5.74, 6) is 0.0865. The van der Waals surface area contributed by atoms with Gasteiger partial charge in [-0.2, -0.15) is 0 Å². The second-order valence-corrected chi connectivity index (χ2v) is 7.34. The van der Waals surface area contributed by atoms with Gasteiger partial charge in [-0.15, -0.1) is 5.10 Å². The molecule has 0 amide bonds. The van der Waals surface area contributed by atoms with Gasteiger partial charge in [0, 0.05) is 12.6 Å². The van der Waals surface area contributed by atoms with Crippen molar-refractivity contribution in [3.8, 4) is 0 Å². The summed E-state index contributed by atoms with van der Waals surface area (Å²) in [5.41, 5.74) is 2.03. The zero-order valence-corrected chi connectivity index (χ0v) is 13.8. The van der Waals surface area contributed by atoms with E-state index in [0.717, 1.165) is 5.56 Å². The summed E-state index contributed by atoms with van der Waals surface area (Å²) in [7, 11) is 1.76. The summed E-state index contributed by atoms with van der Waals surface area (Å²) in [6.07, 6.45) is 0. The largest absolute Gasteiger partial charge is 0.293 e. The van der Waals surface area contributed by atoms with E-state index in [9.17, 15) is 4.79 Å². The maximum absolute atomic E-state index is 12.4. The normalized spacial score (nSPS) is 13.2. The van der Waals surface area contributed by atoms with Crippen molar-refractivity contribution in [3.63, 3.8) is 0 Å². The van der Waals surface area contributed by atoms with Crippen molar-refractivity contribution < 1.29 is 4.79 Å². The van der Waals surface area contributed by atoms with Gasteiger partial charge >= 0.3 is 0 Å². The molecule has 1 atom stereocenters. The Kier molecular flexibility index (Phi) is 4.46. The first-order valence-electron chi connectivity index (χ1n) is 6.83. The Hall–Kier alpha value is -1.69. The number of tetrazole rings is 1. The minimum Gasteiger partial charge on any atom is -0.293 e. The van der Waals surface area contributed by atoms with E-state index in [1.54, 1.807) is 11.7 Å². The van der Waals surface area contributed by atoms with Crippen molar-refractivity contribution in [3.05, 3.63) is 35.4 Å². The van der Waals surface area contributed by atoms with Crippen molar-refractivity contribution in [2.75, 3.05) is 0 Å². The number of rotatable bonds is 4. The number of carbonyl (C=O) groups excluding carboxylic acids is 1. The van der Waals surface area contributed by atoms with E-state index in [2.05, 4.69) is 36.3 Å². The molecule has 0 aliphatic heterocycles. The van der Waals surface area contributed by atoms with Crippen molar-refractivity contribution in [2.45, 2.75) is 43.5 Å². The van der Waals surface area contributed by atoms with Crippen LogP contribution in [0.5, 0.6) is 0 Å². The first-order chi connectivity index (χ1) is 9.79. The molecule has 0 aliphatic rings. The fourth-order valence-corrected chi connectivity index (χ4v) is 2.73. The number of aromatic nitrogens is 4. The average molecular weight is 304 g/mol. The minimum atomic E-state index is -0.227. The van der Waals surface area contributed by atoms with Crippen molar-refractivity contribution in [1.29, 1.82) is 0 Å². The minimum absolute atomic E-state index is 0.0865. The van der Waals surface area contributed by atoms with E-state index in [1.165, 1.54) is 17.3 Å². The Morgan fingerprint density at radius 3 is 2.33 bits per heavy atom. The fourth-order valence-electron chi connectivity index (χ4n) is 1.90. The highest BCUT2D eigenvalue weighted by atomic mass is 32.2. The number of nitrogens with zero attached hydrogens (tertiary/aromatic N) is 4. The van der Waals surface area contributed by atoms with Crippen molar-refractivity contribution in [1.82, 2.24) is 20.2 Å². The van der Waals surface area contributed by atoms with E-state index in [0.29, 0.717) is 5.16 Å². The van der Waals surface area contributed by atoms with E-state index in [-0.39, 0.29) is 16.4 Å². The molecule has 2 aromatic rings. The molecular formula is C15H20N4OS. The molecule has 0 aliphatic carbocycles. The molecule has 0 fully saturated rings. The van der Waals surface area contributed by atoms with Gasteiger partial charge in [-0.05, 0) is 28.3 Å². The van der Waals surface area contributed by atoms with Crippen LogP contribution >= 0.6 is 11.8 Å². The van der Waals surface area contributed by atoms with Crippen LogP contribution < -0.4 is 0 Å². The summed E-state index contributed by atoms with van der Waals surface area (Å²) < 4.78 is 1.57. The van der Waals surface area contributed by atoms with Crippen LogP contribution in [0, 0.1) is 0 Å². The molecule has 6 heteroatoms. The van der Waals surface area contributed by atoms with E-state index >= 15 is 0 Å². The highest BCUT2D eigenvalue weighted by Gasteiger charge is 2.20. The van der Waals surface area contributed by atoms with Gasteiger partial charge in [0.2, 0.25) is 5.16 Å². The summed E-state index contributed by atoms with van der Waals surface area (Å²) in [6, 6.07) is 7.84. The fraction of sp³-hybridized carbons (Fsp3) is 0.467. The molecule has 1 heterocycles. The third-order valence-corrected chi connectivity index (χ3v) is 4.39. The Balaban J connectivity index is 2.11. The summed E-state index contributed by atoms with van der Waals surface area (Å²) in [5, 5.41) is 11.6. The highest BCUT2D eigenvalue weighted by molar-refractivity contribution is 8.00. The van der Waals surface area contributed by atoms with Gasteiger partial charge in [0.25, 0.3) is 0 Å². The lowest BCUT2D eigenvalue weighted by atomic mass is 9.86. The summed E-state index contributed by atoms with van der Waals surface area (Å²) >= 11 is 1.37. The van der Waals surface area contributed by atoms with Gasteiger partial charge in [-0.3, -0.25) is 4.79 Å². The van der Waals surface area contributed by atoms with Crippen LogP contribution in [0.1, 0.15) is 43.6 Å². The van der Waals surface area contributed by atoms with Crippen LogP contribution in [0.15, 0.2) is 29.4 Å². The summed E-state index contributed by atoms with van der Waals surface area (Å²) in [4.78, 5) is 12.4. The number of benzene rings is 1. The van der Waals surface area contributed by atoms with Gasteiger partial charge in [-0.25, -0.2) is 4.68 Å². The van der Waals surface area contributed by atoms with Crippen LogP contribution in [-0.2, 0) is 12.5 Å². The van der Waals surface area contributed by atoms with Gasteiger partial charge in [-0.1, -0.05) is 56.8 Å². The smallest absolute Gasteiger partial charge is 0.209 e. The van der Waals surface area contributed by atoms with E-state index < -0.39 is 0 Å². The first kappa shape index (κ1) is 15.7. The number of Topliss-reactive ketones (excluding diaryl/α,β-unsaturated/α-hetero) is 1. The number of thioether (sulfide) groups is 1. The Labute approximate surface area is 129 Å². The Morgan fingerprint density at radius 1 is 1.24 bits per heavy atom. The Morgan fingerprint density at radius 2 is 1.86 bits per heavy atom. The van der Waals surface area contributed by atoms with E-state index in [1.807, 2.05) is 31.2 Å². The molecule has 0 saturated carbocycles. The number of aryl methyl sites for hydroxylation is 1. The number of hydrogen-bond donors (Lipinski definition) is 0. The number of carbonyl (C=O) groups is 1. The standard InChI is InChI=1S/C15H20N4OS/c1-10(21-14-16-17-18-19(14)5)13(20)11-6-8-12(9-7-11)15(2,3)4/h6-10H,1-5H3/t10-/m0/s1. The molecule has 0 saturated heterocycles. The highest BCUT2D eigenvalue weighted by Crippen LogP contribution is 2.25. The molecule has 2 rings (SSSR count).